The number of nitrogens with one attached hydrogen (secondary N) is 1. The molecule has 9 nitrogen and oxygen atoms in total. The first-order chi connectivity index (χ1) is 13.9. The highest BCUT2D eigenvalue weighted by atomic mass is 16.6. The number of carbonyl (C=O) groups excluding carboxylic acids is 3. The van der Waals surface area contributed by atoms with Crippen LogP contribution in [0.1, 0.15) is 5.56 Å². The number of non-ortho nitro benzene ring substituents is 1. The van der Waals surface area contributed by atoms with Crippen LogP contribution in [-0.2, 0) is 19.1 Å². The number of amides is 2. The Kier molecular flexibility index (Phi) is 5.68. The number of piperazine rings is 1. The normalized spacial score (nSPS) is 19.1. The van der Waals surface area contributed by atoms with Crippen molar-refractivity contribution in [2.75, 3.05) is 12.0 Å². The molecule has 1 heterocycles. The van der Waals surface area contributed by atoms with Crippen molar-refractivity contribution in [3.63, 3.8) is 0 Å². The van der Waals surface area contributed by atoms with Crippen LogP contribution in [0.2, 0.25) is 0 Å². The van der Waals surface area contributed by atoms with Crippen LogP contribution in [0.3, 0.4) is 0 Å². The summed E-state index contributed by atoms with van der Waals surface area (Å²) in [5.41, 5.74) is 0.903. The first-order valence-corrected chi connectivity index (χ1v) is 8.62. The van der Waals surface area contributed by atoms with Gasteiger partial charge >= 0.3 is 17.8 Å². The van der Waals surface area contributed by atoms with Crippen LogP contribution < -0.4 is 10.2 Å². The second-order valence-electron chi connectivity index (χ2n) is 6.18. The predicted molar refractivity (Wildman–Crippen MR) is 104 cm³/mol. The molecule has 2 aromatic rings. The van der Waals surface area contributed by atoms with Gasteiger partial charge in [0, 0.05) is 17.8 Å². The molecule has 1 fully saturated rings. The Hall–Kier alpha value is -4.01. The van der Waals surface area contributed by atoms with Crippen molar-refractivity contribution in [2.24, 2.45) is 0 Å². The summed E-state index contributed by atoms with van der Waals surface area (Å²) >= 11 is 0. The van der Waals surface area contributed by atoms with Gasteiger partial charge in [-0.1, -0.05) is 42.5 Å². The number of nitro groups is 1. The van der Waals surface area contributed by atoms with E-state index in [-0.39, 0.29) is 11.4 Å². The molecule has 0 bridgehead atoms. The van der Waals surface area contributed by atoms with Crippen LogP contribution in [0.15, 0.2) is 60.7 Å². The molecule has 0 saturated carbocycles. The lowest BCUT2D eigenvalue weighted by Crippen LogP contribution is -2.65. The fraction of sp³-hybridized carbons (Fsp3) is 0.150. The smallest absolute Gasteiger partial charge is 0.330 e. The number of rotatable bonds is 5. The third-order valence-electron chi connectivity index (χ3n) is 4.42. The highest BCUT2D eigenvalue weighted by Gasteiger charge is 2.44. The lowest BCUT2D eigenvalue weighted by Gasteiger charge is -2.38. The highest BCUT2D eigenvalue weighted by molar-refractivity contribution is 6.42. The van der Waals surface area contributed by atoms with Crippen LogP contribution in [0.4, 0.5) is 11.4 Å². The highest BCUT2D eigenvalue weighted by Crippen LogP contribution is 2.26. The summed E-state index contributed by atoms with van der Waals surface area (Å²) in [4.78, 5) is 48.5. The molecule has 0 radical (unpaired) electrons. The summed E-state index contributed by atoms with van der Waals surface area (Å²) in [5.74, 6) is -2.58. The van der Waals surface area contributed by atoms with E-state index < -0.39 is 34.8 Å². The van der Waals surface area contributed by atoms with E-state index in [0.717, 1.165) is 10.5 Å². The van der Waals surface area contributed by atoms with E-state index in [1.54, 1.807) is 12.2 Å². The van der Waals surface area contributed by atoms with E-state index in [0.29, 0.717) is 0 Å². The van der Waals surface area contributed by atoms with Crippen molar-refractivity contribution >= 4 is 35.2 Å². The molecule has 1 N–H and O–H groups in total. The molecular weight excluding hydrogens is 378 g/mol. The van der Waals surface area contributed by atoms with Gasteiger partial charge < -0.3 is 10.1 Å². The minimum Gasteiger partial charge on any atom is -0.467 e. The van der Waals surface area contributed by atoms with Gasteiger partial charge in [0.1, 0.15) is 0 Å². The fourth-order valence-electron chi connectivity index (χ4n) is 3.00. The summed E-state index contributed by atoms with van der Waals surface area (Å²) < 4.78 is 4.78. The van der Waals surface area contributed by atoms with Crippen molar-refractivity contribution < 1.29 is 24.0 Å². The monoisotopic (exact) mass is 395 g/mol. The Balaban J connectivity index is 2.04. The number of nitro benzene ring substituents is 1. The number of ether oxygens (including phenoxy) is 1. The molecule has 2 aromatic carbocycles. The molecule has 2 amide bonds. The third kappa shape index (κ3) is 4.13. The van der Waals surface area contributed by atoms with Gasteiger partial charge in [-0.3, -0.25) is 24.6 Å². The van der Waals surface area contributed by atoms with Gasteiger partial charge in [-0.15, -0.1) is 0 Å². The number of hydrogen-bond acceptors (Lipinski definition) is 6. The third-order valence-corrected chi connectivity index (χ3v) is 4.42. The summed E-state index contributed by atoms with van der Waals surface area (Å²) in [6, 6.07) is 12.3. The largest absolute Gasteiger partial charge is 0.467 e. The fourth-order valence-corrected chi connectivity index (χ4v) is 3.00. The quantitative estimate of drug-likeness (QED) is 0.356. The Morgan fingerprint density at radius 2 is 1.79 bits per heavy atom. The summed E-state index contributed by atoms with van der Waals surface area (Å²) in [5, 5.41) is 13.3. The van der Waals surface area contributed by atoms with Crippen molar-refractivity contribution in [1.29, 1.82) is 0 Å². The second-order valence-corrected chi connectivity index (χ2v) is 6.18. The van der Waals surface area contributed by atoms with Crippen molar-refractivity contribution in [3.05, 3.63) is 76.4 Å². The molecular formula is C20H17N3O6. The van der Waals surface area contributed by atoms with Crippen LogP contribution in [-0.4, -0.2) is 41.9 Å². The molecule has 2 atom stereocenters. The molecule has 1 saturated heterocycles. The van der Waals surface area contributed by atoms with Gasteiger partial charge in [-0.25, -0.2) is 4.79 Å². The number of hydrogen-bond donors (Lipinski definition) is 1. The summed E-state index contributed by atoms with van der Waals surface area (Å²) in [6.45, 7) is 0. The molecule has 1 aliphatic heterocycles. The maximum atomic E-state index is 12.6. The molecule has 0 unspecified atom stereocenters. The SMILES string of the molecule is COC(=O)[C@@H]1NC(=O)C(=O)N(c2ccc([N+](=O)[O-])cc2)[C@H]1/C=C/c1ccccc1. The number of anilines is 1. The van der Waals surface area contributed by atoms with Crippen molar-refractivity contribution in [1.82, 2.24) is 5.32 Å². The predicted octanol–water partition coefficient (Wildman–Crippen LogP) is 1.68. The van der Waals surface area contributed by atoms with E-state index in [1.807, 2.05) is 30.3 Å². The zero-order chi connectivity index (χ0) is 21.0. The number of carbonyl (C=O) groups is 3. The maximum absolute atomic E-state index is 12.6. The van der Waals surface area contributed by atoms with Crippen molar-refractivity contribution in [2.45, 2.75) is 12.1 Å². The number of esters is 1. The van der Waals surface area contributed by atoms with E-state index in [2.05, 4.69) is 5.32 Å². The Labute approximate surface area is 165 Å². The number of benzene rings is 2. The first-order valence-electron chi connectivity index (χ1n) is 8.62. The standard InChI is InChI=1S/C20H17N3O6/c1-29-20(26)17-16(12-7-13-5-3-2-4-6-13)22(19(25)18(24)21-17)14-8-10-15(11-9-14)23(27)28/h2-12,16-17H,1H3,(H,21,24)/b12-7+/t16-,17+/m0/s1. The van der Waals surface area contributed by atoms with Crippen LogP contribution in [0.25, 0.3) is 6.08 Å². The molecule has 0 aliphatic carbocycles. The molecule has 3 rings (SSSR count). The molecule has 9 heteroatoms. The van der Waals surface area contributed by atoms with Gasteiger partial charge in [0.05, 0.1) is 18.1 Å². The zero-order valence-electron chi connectivity index (χ0n) is 15.3. The maximum Gasteiger partial charge on any atom is 0.330 e. The van der Waals surface area contributed by atoms with E-state index in [1.165, 1.54) is 31.4 Å². The van der Waals surface area contributed by atoms with Gasteiger partial charge in [-0.05, 0) is 17.7 Å². The van der Waals surface area contributed by atoms with Gasteiger partial charge in [0.15, 0.2) is 6.04 Å². The van der Waals surface area contributed by atoms with Gasteiger partial charge in [0.2, 0.25) is 0 Å². The molecule has 0 spiro atoms. The Morgan fingerprint density at radius 1 is 1.14 bits per heavy atom. The zero-order valence-corrected chi connectivity index (χ0v) is 15.3. The lowest BCUT2D eigenvalue weighted by atomic mass is 10.00. The Morgan fingerprint density at radius 3 is 2.38 bits per heavy atom. The van der Waals surface area contributed by atoms with Crippen LogP contribution in [0, 0.1) is 10.1 Å². The molecule has 29 heavy (non-hydrogen) atoms. The van der Waals surface area contributed by atoms with Gasteiger partial charge in [0.25, 0.3) is 5.69 Å². The molecule has 1 aliphatic rings. The molecule has 0 aromatic heterocycles. The summed E-state index contributed by atoms with van der Waals surface area (Å²) in [7, 11) is 1.18. The average Bonchev–Trinajstić information content (AvgIpc) is 2.74. The van der Waals surface area contributed by atoms with Crippen LogP contribution in [0.5, 0.6) is 0 Å². The average molecular weight is 395 g/mol. The minimum absolute atomic E-state index is 0.163. The van der Waals surface area contributed by atoms with E-state index >= 15 is 0 Å². The lowest BCUT2D eigenvalue weighted by molar-refractivity contribution is -0.384. The van der Waals surface area contributed by atoms with E-state index in [4.69, 9.17) is 4.74 Å². The van der Waals surface area contributed by atoms with Gasteiger partial charge in [-0.2, -0.15) is 0 Å². The van der Waals surface area contributed by atoms with Crippen molar-refractivity contribution in [3.8, 4) is 0 Å². The van der Waals surface area contributed by atoms with Crippen LogP contribution >= 0.6 is 0 Å². The number of nitrogens with zero attached hydrogens (tertiary/aromatic N) is 2. The first kappa shape index (κ1) is 19.7. The minimum atomic E-state index is -1.14. The Bertz CT molecular complexity index is 971. The topological polar surface area (TPSA) is 119 Å². The second kappa shape index (κ2) is 8.34. The number of methoxy groups -OCH3 is 1. The summed E-state index contributed by atoms with van der Waals surface area (Å²) in [6.07, 6.45) is 3.32. The molecule has 148 valence electrons. The van der Waals surface area contributed by atoms with E-state index in [9.17, 15) is 24.5 Å².